The van der Waals surface area contributed by atoms with E-state index in [4.69, 9.17) is 4.74 Å². The summed E-state index contributed by atoms with van der Waals surface area (Å²) in [5.41, 5.74) is 4.83. The average Bonchev–Trinajstić information content (AvgIpc) is 2.45. The second-order valence-electron chi connectivity index (χ2n) is 5.21. The van der Waals surface area contributed by atoms with Gasteiger partial charge in [0.05, 0.1) is 6.61 Å². The molecule has 0 atom stereocenters. The number of benzene rings is 1. The molecule has 3 heteroatoms. The zero-order chi connectivity index (χ0) is 13.9. The number of ether oxygens (including phenoxy) is 1. The van der Waals surface area contributed by atoms with Crippen LogP contribution in [0.25, 0.3) is 11.6 Å². The van der Waals surface area contributed by atoms with Gasteiger partial charge in [0.1, 0.15) is 0 Å². The van der Waals surface area contributed by atoms with Gasteiger partial charge in [-0.05, 0) is 36.1 Å². The summed E-state index contributed by atoms with van der Waals surface area (Å²) in [6, 6.07) is 8.44. The molecule has 0 spiro atoms. The van der Waals surface area contributed by atoms with Crippen LogP contribution in [0.1, 0.15) is 24.5 Å². The van der Waals surface area contributed by atoms with Crippen molar-refractivity contribution in [3.63, 3.8) is 0 Å². The molecule has 0 aromatic heterocycles. The van der Waals surface area contributed by atoms with E-state index in [1.54, 1.807) is 0 Å². The number of carbonyl (C=O) groups is 1. The Morgan fingerprint density at radius 1 is 1.35 bits per heavy atom. The Hall–Kier alpha value is -1.87. The Balaban J connectivity index is 1.61. The molecule has 0 fully saturated rings. The normalized spacial score (nSPS) is 17.6. The maximum Gasteiger partial charge on any atom is 0.334 e. The highest BCUT2D eigenvalue weighted by Gasteiger charge is 2.22. The fourth-order valence-electron chi connectivity index (χ4n) is 2.79. The molecule has 1 aliphatic heterocycles. The average molecular weight is 269 g/mol. The number of hydrogen-bond acceptors (Lipinski definition) is 3. The van der Waals surface area contributed by atoms with E-state index in [0.717, 1.165) is 25.1 Å². The first-order valence-electron chi connectivity index (χ1n) is 7.16. The van der Waals surface area contributed by atoms with Crippen molar-refractivity contribution in [1.82, 2.24) is 4.90 Å². The molecule has 104 valence electrons. The molecule has 1 heterocycles. The molecule has 0 saturated carbocycles. The lowest BCUT2D eigenvalue weighted by Crippen LogP contribution is -2.34. The van der Waals surface area contributed by atoms with Gasteiger partial charge in [0, 0.05) is 25.2 Å². The van der Waals surface area contributed by atoms with E-state index in [2.05, 4.69) is 35.2 Å². The van der Waals surface area contributed by atoms with E-state index in [0.29, 0.717) is 13.2 Å². The van der Waals surface area contributed by atoms with E-state index in [9.17, 15) is 4.79 Å². The third-order valence-corrected chi connectivity index (χ3v) is 3.80. The lowest BCUT2D eigenvalue weighted by atomic mass is 9.88. The van der Waals surface area contributed by atoms with Gasteiger partial charge in [-0.3, -0.25) is 4.90 Å². The first-order valence-corrected chi connectivity index (χ1v) is 7.16. The summed E-state index contributed by atoms with van der Waals surface area (Å²) in [6.45, 7) is 4.89. The first-order chi connectivity index (χ1) is 9.78. The van der Waals surface area contributed by atoms with Crippen LogP contribution in [0.3, 0.4) is 0 Å². The lowest BCUT2D eigenvalue weighted by molar-refractivity contribution is -0.138. The number of carbonyl (C=O) groups excluding carboxylic acids is 1. The fraction of sp³-hybridized carbons (Fsp3) is 0.353. The zero-order valence-corrected chi connectivity index (χ0v) is 11.8. The minimum Gasteiger partial charge on any atom is -0.463 e. The molecule has 0 unspecified atom stereocenters. The first kappa shape index (κ1) is 13.1. The lowest BCUT2D eigenvalue weighted by Gasteiger charge is -2.30. The van der Waals surface area contributed by atoms with Crippen molar-refractivity contribution in [3.8, 4) is 0 Å². The van der Waals surface area contributed by atoms with Gasteiger partial charge in [-0.2, -0.15) is 0 Å². The maximum atomic E-state index is 11.8. The molecule has 20 heavy (non-hydrogen) atoms. The third kappa shape index (κ3) is 2.54. The molecule has 0 N–H and O–H groups in total. The molecule has 0 amide bonds. The summed E-state index contributed by atoms with van der Waals surface area (Å²) >= 11 is 0. The van der Waals surface area contributed by atoms with E-state index in [-0.39, 0.29) is 5.97 Å². The minimum atomic E-state index is -0.166. The standard InChI is InChI=1S/C17H19NO2/c1-2-20-17(19)14-7-5-9-18(11-14)12-15-10-13-6-3-4-8-16(13)15/h3-4,6-8,10H,2,5,9,11-12H2,1H3. The van der Waals surface area contributed by atoms with E-state index in [1.807, 2.05) is 13.0 Å². The Bertz CT molecular complexity index is 586. The van der Waals surface area contributed by atoms with Crippen molar-refractivity contribution in [1.29, 1.82) is 0 Å². The molecular weight excluding hydrogens is 250 g/mol. The van der Waals surface area contributed by atoms with Gasteiger partial charge in [-0.1, -0.05) is 30.3 Å². The van der Waals surface area contributed by atoms with Crippen LogP contribution in [0, 0.1) is 0 Å². The summed E-state index contributed by atoms with van der Waals surface area (Å²) in [5.74, 6) is -0.166. The van der Waals surface area contributed by atoms with E-state index >= 15 is 0 Å². The summed E-state index contributed by atoms with van der Waals surface area (Å²) in [4.78, 5) is 14.1. The van der Waals surface area contributed by atoms with Gasteiger partial charge >= 0.3 is 5.97 Å². The molecule has 1 aliphatic carbocycles. The molecule has 0 radical (unpaired) electrons. The van der Waals surface area contributed by atoms with Crippen molar-refractivity contribution >= 4 is 17.6 Å². The highest BCUT2D eigenvalue weighted by molar-refractivity contribution is 5.96. The number of nitrogens with zero attached hydrogens (tertiary/aromatic N) is 1. The number of esters is 1. The number of rotatable bonds is 4. The van der Waals surface area contributed by atoms with E-state index < -0.39 is 0 Å². The summed E-state index contributed by atoms with van der Waals surface area (Å²) < 4.78 is 5.08. The molecule has 0 saturated heterocycles. The van der Waals surface area contributed by atoms with Crippen molar-refractivity contribution in [2.75, 3.05) is 26.2 Å². The van der Waals surface area contributed by atoms with Crippen LogP contribution in [0.4, 0.5) is 0 Å². The summed E-state index contributed by atoms with van der Waals surface area (Å²) in [7, 11) is 0. The number of hydrogen-bond donors (Lipinski definition) is 0. The molecule has 0 bridgehead atoms. The summed E-state index contributed by atoms with van der Waals surface area (Å²) in [5, 5.41) is 0. The van der Waals surface area contributed by atoms with Crippen LogP contribution in [0.15, 0.2) is 35.9 Å². The molecular formula is C17H19NO2. The van der Waals surface area contributed by atoms with Crippen LogP contribution in [0.5, 0.6) is 0 Å². The van der Waals surface area contributed by atoms with Crippen LogP contribution < -0.4 is 0 Å². The Kier molecular flexibility index (Phi) is 3.70. The Morgan fingerprint density at radius 2 is 2.20 bits per heavy atom. The predicted molar refractivity (Wildman–Crippen MR) is 80.1 cm³/mol. The molecule has 1 aromatic rings. The second kappa shape index (κ2) is 5.63. The van der Waals surface area contributed by atoms with Crippen LogP contribution in [-0.4, -0.2) is 37.1 Å². The highest BCUT2D eigenvalue weighted by atomic mass is 16.5. The summed E-state index contributed by atoms with van der Waals surface area (Å²) in [6.07, 6.45) is 5.17. The number of fused-ring (bicyclic) bond motifs is 1. The maximum absolute atomic E-state index is 11.8. The zero-order valence-electron chi connectivity index (χ0n) is 11.8. The smallest absolute Gasteiger partial charge is 0.334 e. The van der Waals surface area contributed by atoms with Crippen LogP contribution >= 0.6 is 0 Å². The highest BCUT2D eigenvalue weighted by Crippen LogP contribution is 2.33. The SMILES string of the molecule is CCOC(=O)C1=CCCN(CC2=Cc3ccccc32)C1. The van der Waals surface area contributed by atoms with Crippen molar-refractivity contribution in [3.05, 3.63) is 47.0 Å². The second-order valence-corrected chi connectivity index (χ2v) is 5.21. The van der Waals surface area contributed by atoms with Crippen LogP contribution in [-0.2, 0) is 9.53 Å². The van der Waals surface area contributed by atoms with Crippen molar-refractivity contribution in [2.45, 2.75) is 13.3 Å². The molecule has 1 aromatic carbocycles. The van der Waals surface area contributed by atoms with E-state index in [1.165, 1.54) is 16.7 Å². The van der Waals surface area contributed by atoms with Gasteiger partial charge in [-0.15, -0.1) is 0 Å². The molecule has 3 nitrogen and oxygen atoms in total. The van der Waals surface area contributed by atoms with Gasteiger partial charge in [0.2, 0.25) is 0 Å². The predicted octanol–water partition coefficient (Wildman–Crippen LogP) is 2.74. The largest absolute Gasteiger partial charge is 0.463 e. The monoisotopic (exact) mass is 269 g/mol. The van der Waals surface area contributed by atoms with Gasteiger partial charge < -0.3 is 4.74 Å². The van der Waals surface area contributed by atoms with Gasteiger partial charge in [0.15, 0.2) is 0 Å². The minimum absolute atomic E-state index is 0.166. The van der Waals surface area contributed by atoms with Crippen molar-refractivity contribution in [2.24, 2.45) is 0 Å². The molecule has 3 rings (SSSR count). The Morgan fingerprint density at radius 3 is 3.00 bits per heavy atom. The fourth-order valence-corrected chi connectivity index (χ4v) is 2.79. The Labute approximate surface area is 119 Å². The molecule has 2 aliphatic rings. The third-order valence-electron chi connectivity index (χ3n) is 3.80. The van der Waals surface area contributed by atoms with Gasteiger partial charge in [0.25, 0.3) is 0 Å². The van der Waals surface area contributed by atoms with Gasteiger partial charge in [-0.25, -0.2) is 4.79 Å². The topological polar surface area (TPSA) is 29.5 Å². The quantitative estimate of drug-likeness (QED) is 0.787. The van der Waals surface area contributed by atoms with Crippen molar-refractivity contribution < 1.29 is 9.53 Å². The van der Waals surface area contributed by atoms with Crippen LogP contribution in [0.2, 0.25) is 0 Å².